The molecule has 0 N–H and O–H groups in total. The number of esters is 1. The summed E-state index contributed by atoms with van der Waals surface area (Å²) in [6.07, 6.45) is 3.04. The van der Waals surface area contributed by atoms with Gasteiger partial charge in [-0.25, -0.2) is 4.79 Å². The Kier molecular flexibility index (Phi) is 4.33. The van der Waals surface area contributed by atoms with Gasteiger partial charge in [-0.1, -0.05) is 15.9 Å². The molecule has 0 atom stereocenters. The Morgan fingerprint density at radius 1 is 1.13 bits per heavy atom. The lowest BCUT2D eigenvalue weighted by Gasteiger charge is -2.06. The van der Waals surface area contributed by atoms with Crippen LogP contribution in [0, 0.1) is 6.92 Å². The van der Waals surface area contributed by atoms with Gasteiger partial charge in [0.15, 0.2) is 5.76 Å². The summed E-state index contributed by atoms with van der Waals surface area (Å²) >= 11 is 3.39. The van der Waals surface area contributed by atoms with Crippen molar-refractivity contribution in [2.24, 2.45) is 0 Å². The molecule has 3 heterocycles. The lowest BCUT2D eigenvalue weighted by molar-refractivity contribution is 0.0703. The van der Waals surface area contributed by atoms with Crippen LogP contribution < -0.4 is 9.47 Å². The molecule has 0 saturated heterocycles. The maximum atomic E-state index is 12.7. The molecule has 6 nitrogen and oxygen atoms in total. The first-order valence-corrected chi connectivity index (χ1v) is 9.81. The highest BCUT2D eigenvalue weighted by Gasteiger charge is 2.30. The van der Waals surface area contributed by atoms with Crippen LogP contribution in [0.1, 0.15) is 32.2 Å². The second-order valence-corrected chi connectivity index (χ2v) is 7.67. The first-order chi connectivity index (χ1) is 14.5. The molecular weight excluding hydrogens is 452 g/mol. The van der Waals surface area contributed by atoms with E-state index < -0.39 is 5.97 Å². The van der Waals surface area contributed by atoms with Gasteiger partial charge in [0.2, 0.25) is 11.5 Å². The van der Waals surface area contributed by atoms with Crippen LogP contribution in [0.25, 0.3) is 17.0 Å². The fourth-order valence-electron chi connectivity index (χ4n) is 3.31. The van der Waals surface area contributed by atoms with E-state index in [9.17, 15) is 9.59 Å². The van der Waals surface area contributed by atoms with Crippen molar-refractivity contribution in [2.75, 3.05) is 0 Å². The van der Waals surface area contributed by atoms with Gasteiger partial charge in [-0.2, -0.15) is 0 Å². The molecule has 7 heteroatoms. The highest BCUT2D eigenvalue weighted by atomic mass is 79.9. The van der Waals surface area contributed by atoms with Crippen LogP contribution in [-0.4, -0.2) is 11.8 Å². The summed E-state index contributed by atoms with van der Waals surface area (Å²) in [5, 5.41) is 0.781. The maximum absolute atomic E-state index is 12.7. The molecule has 0 unspecified atom stereocenters. The number of allylic oxidation sites excluding steroid dienone is 1. The molecular formula is C23H13BrO6. The third-order valence-electron chi connectivity index (χ3n) is 4.65. The van der Waals surface area contributed by atoms with E-state index in [2.05, 4.69) is 15.9 Å². The Bertz CT molecular complexity index is 1340. The van der Waals surface area contributed by atoms with Gasteiger partial charge in [-0.15, -0.1) is 0 Å². The Balaban J connectivity index is 1.42. The number of ketones is 1. The number of hydrogen-bond acceptors (Lipinski definition) is 6. The SMILES string of the molecule is Cc1cc(OC(=O)c2cc3cc(Br)ccc3o2)cc2c1C(=O)/C(=C/c1ccco1)O2. The Labute approximate surface area is 178 Å². The number of furan rings is 2. The van der Waals surface area contributed by atoms with Crippen molar-refractivity contribution in [3.8, 4) is 11.5 Å². The molecule has 1 aliphatic heterocycles. The van der Waals surface area contributed by atoms with Crippen LogP contribution in [-0.2, 0) is 0 Å². The molecule has 2 aromatic heterocycles. The third-order valence-corrected chi connectivity index (χ3v) is 5.14. The highest BCUT2D eigenvalue weighted by Crippen LogP contribution is 2.38. The van der Waals surface area contributed by atoms with Crippen molar-refractivity contribution >= 4 is 44.7 Å². The second kappa shape index (κ2) is 7.03. The van der Waals surface area contributed by atoms with Gasteiger partial charge < -0.3 is 18.3 Å². The summed E-state index contributed by atoms with van der Waals surface area (Å²) in [5.41, 5.74) is 1.65. The molecule has 0 amide bonds. The Morgan fingerprint density at radius 2 is 2.00 bits per heavy atom. The predicted octanol–water partition coefficient (Wildman–Crippen LogP) is 5.93. The van der Waals surface area contributed by atoms with Crippen LogP contribution in [0.15, 0.2) is 73.9 Å². The lowest BCUT2D eigenvalue weighted by Crippen LogP contribution is -2.07. The minimum atomic E-state index is -0.641. The number of rotatable bonds is 3. The third kappa shape index (κ3) is 3.23. The van der Waals surface area contributed by atoms with E-state index in [-0.39, 0.29) is 23.1 Å². The predicted molar refractivity (Wildman–Crippen MR) is 112 cm³/mol. The van der Waals surface area contributed by atoms with Crippen LogP contribution >= 0.6 is 15.9 Å². The quantitative estimate of drug-likeness (QED) is 0.212. The van der Waals surface area contributed by atoms with Crippen molar-refractivity contribution in [3.05, 3.63) is 87.7 Å². The normalized spacial score (nSPS) is 14.2. The molecule has 30 heavy (non-hydrogen) atoms. The molecule has 0 aliphatic carbocycles. The number of carbonyl (C=O) groups excluding carboxylic acids is 2. The first kappa shape index (κ1) is 18.4. The number of fused-ring (bicyclic) bond motifs is 2. The summed E-state index contributed by atoms with van der Waals surface area (Å²) in [7, 11) is 0. The Hall–Kier alpha value is -3.58. The average molecular weight is 465 g/mol. The summed E-state index contributed by atoms with van der Waals surface area (Å²) < 4.78 is 22.9. The van der Waals surface area contributed by atoms with Crippen LogP contribution in [0.2, 0.25) is 0 Å². The van der Waals surface area contributed by atoms with E-state index in [4.69, 9.17) is 18.3 Å². The molecule has 0 fully saturated rings. The molecule has 148 valence electrons. The van der Waals surface area contributed by atoms with Crippen molar-refractivity contribution in [3.63, 3.8) is 0 Å². The molecule has 4 aromatic rings. The molecule has 0 spiro atoms. The van der Waals surface area contributed by atoms with Crippen LogP contribution in [0.5, 0.6) is 11.5 Å². The van der Waals surface area contributed by atoms with Crippen molar-refractivity contribution in [2.45, 2.75) is 6.92 Å². The standard InChI is InChI=1S/C23H13BrO6/c1-12-7-16(28-23(26)20-9-13-8-14(24)4-5-17(13)29-20)11-18-21(12)22(25)19(30-18)10-15-3-2-6-27-15/h2-11H,1H3/b19-10-. The Morgan fingerprint density at radius 3 is 2.80 bits per heavy atom. The maximum Gasteiger partial charge on any atom is 0.379 e. The van der Waals surface area contributed by atoms with Gasteiger partial charge in [0, 0.05) is 22.0 Å². The number of carbonyl (C=O) groups is 2. The van der Waals surface area contributed by atoms with Crippen LogP contribution in [0.4, 0.5) is 0 Å². The van der Waals surface area contributed by atoms with E-state index in [0.29, 0.717) is 28.2 Å². The fraction of sp³-hybridized carbons (Fsp3) is 0.0435. The number of hydrogen-bond donors (Lipinski definition) is 0. The van der Waals surface area contributed by atoms with Gasteiger partial charge in [0.25, 0.3) is 0 Å². The molecule has 0 saturated carbocycles. The zero-order chi connectivity index (χ0) is 20.8. The van der Waals surface area contributed by atoms with Gasteiger partial charge in [0.05, 0.1) is 11.8 Å². The highest BCUT2D eigenvalue weighted by molar-refractivity contribution is 9.10. The summed E-state index contributed by atoms with van der Waals surface area (Å²) in [4.78, 5) is 25.2. The van der Waals surface area contributed by atoms with E-state index in [1.165, 1.54) is 18.4 Å². The van der Waals surface area contributed by atoms with Crippen LogP contribution in [0.3, 0.4) is 0 Å². The molecule has 1 aliphatic rings. The first-order valence-electron chi connectivity index (χ1n) is 9.01. The van der Waals surface area contributed by atoms with E-state index in [1.807, 2.05) is 12.1 Å². The zero-order valence-electron chi connectivity index (χ0n) is 15.6. The smallest absolute Gasteiger partial charge is 0.379 e. The molecule has 2 aromatic carbocycles. The average Bonchev–Trinajstić information content (AvgIpc) is 3.41. The van der Waals surface area contributed by atoms with Gasteiger partial charge in [-0.3, -0.25) is 4.79 Å². The minimum Gasteiger partial charge on any atom is -0.465 e. The van der Waals surface area contributed by atoms with Gasteiger partial charge in [0.1, 0.15) is 22.8 Å². The number of Topliss-reactive ketones (excluding diaryl/α,β-unsaturated/α-hetero) is 1. The van der Waals surface area contributed by atoms with Crippen molar-refractivity contribution < 1.29 is 27.9 Å². The zero-order valence-corrected chi connectivity index (χ0v) is 17.2. The molecule has 5 rings (SSSR count). The van der Waals surface area contributed by atoms with E-state index in [0.717, 1.165) is 9.86 Å². The second-order valence-electron chi connectivity index (χ2n) is 6.75. The van der Waals surface area contributed by atoms with E-state index in [1.54, 1.807) is 37.3 Å². The monoisotopic (exact) mass is 464 g/mol. The molecule has 0 bridgehead atoms. The molecule has 0 radical (unpaired) electrons. The summed E-state index contributed by atoms with van der Waals surface area (Å²) in [6, 6.07) is 13.6. The number of ether oxygens (including phenoxy) is 2. The summed E-state index contributed by atoms with van der Waals surface area (Å²) in [6.45, 7) is 1.76. The summed E-state index contributed by atoms with van der Waals surface area (Å²) in [5.74, 6) is 0.425. The minimum absolute atomic E-state index is 0.0802. The van der Waals surface area contributed by atoms with E-state index >= 15 is 0 Å². The fourth-order valence-corrected chi connectivity index (χ4v) is 3.69. The van der Waals surface area contributed by atoms with Crippen molar-refractivity contribution in [1.29, 1.82) is 0 Å². The largest absolute Gasteiger partial charge is 0.465 e. The van der Waals surface area contributed by atoms with Crippen molar-refractivity contribution in [1.82, 2.24) is 0 Å². The lowest BCUT2D eigenvalue weighted by atomic mass is 10.0. The number of benzene rings is 2. The number of halogens is 1. The van der Waals surface area contributed by atoms with Gasteiger partial charge >= 0.3 is 5.97 Å². The number of aryl methyl sites for hydroxylation is 1. The van der Waals surface area contributed by atoms with Gasteiger partial charge in [-0.05, 0) is 55.0 Å². The topological polar surface area (TPSA) is 78.9 Å².